The Morgan fingerprint density at radius 3 is 2.76 bits per heavy atom. The van der Waals surface area contributed by atoms with Gasteiger partial charge in [0.05, 0.1) is 27.8 Å². The lowest BCUT2D eigenvalue weighted by Gasteiger charge is -2.07. The van der Waals surface area contributed by atoms with Crippen LogP contribution in [0.5, 0.6) is 0 Å². The Labute approximate surface area is 125 Å². The molecular formula is C15H15N3O2S. The second-order valence-electron chi connectivity index (χ2n) is 5.02. The number of hydrogen-bond acceptors (Lipinski definition) is 4. The molecule has 0 atom stereocenters. The third-order valence-corrected chi connectivity index (χ3v) is 4.33. The predicted octanol–water partition coefficient (Wildman–Crippen LogP) is 3.25. The maximum absolute atomic E-state index is 10.9. The highest BCUT2D eigenvalue weighted by Gasteiger charge is 2.15. The second kappa shape index (κ2) is 5.29. The largest absolute Gasteiger partial charge is 0.481 e. The number of thiazole rings is 1. The van der Waals surface area contributed by atoms with Crippen molar-refractivity contribution >= 4 is 28.3 Å². The van der Waals surface area contributed by atoms with Crippen molar-refractivity contribution in [3.05, 3.63) is 35.0 Å². The summed E-state index contributed by atoms with van der Waals surface area (Å²) in [6, 6.07) is 4.12. The Morgan fingerprint density at radius 1 is 1.33 bits per heavy atom. The predicted molar refractivity (Wildman–Crippen MR) is 82.6 cm³/mol. The van der Waals surface area contributed by atoms with E-state index in [9.17, 15) is 4.79 Å². The zero-order valence-corrected chi connectivity index (χ0v) is 12.6. The molecule has 0 radical (unpaired) electrons. The monoisotopic (exact) mass is 301 g/mol. The number of aliphatic carboxylic acids is 1. The minimum Gasteiger partial charge on any atom is -0.481 e. The Kier molecular flexibility index (Phi) is 3.47. The molecule has 21 heavy (non-hydrogen) atoms. The van der Waals surface area contributed by atoms with E-state index in [1.807, 2.05) is 10.6 Å². The summed E-state index contributed by atoms with van der Waals surface area (Å²) in [6.07, 6.45) is 1.84. The minimum absolute atomic E-state index is 0.0736. The molecule has 108 valence electrons. The van der Waals surface area contributed by atoms with Crippen molar-refractivity contribution in [2.45, 2.75) is 26.8 Å². The fraction of sp³-hybridized carbons (Fsp3) is 0.267. The molecule has 3 aromatic rings. The number of aryl methyl sites for hydroxylation is 3. The Hall–Kier alpha value is -2.21. The van der Waals surface area contributed by atoms with Crippen LogP contribution >= 0.6 is 11.3 Å². The minimum atomic E-state index is -0.809. The second-order valence-corrected chi connectivity index (χ2v) is 5.91. The van der Waals surface area contributed by atoms with Crippen LogP contribution in [0.2, 0.25) is 0 Å². The van der Waals surface area contributed by atoms with Crippen molar-refractivity contribution < 1.29 is 9.90 Å². The molecule has 5 nitrogen and oxygen atoms in total. The molecule has 1 aromatic carbocycles. The summed E-state index contributed by atoms with van der Waals surface area (Å²) in [5.41, 5.74) is 5.98. The van der Waals surface area contributed by atoms with Gasteiger partial charge in [-0.05, 0) is 37.1 Å². The quantitative estimate of drug-likeness (QED) is 0.803. The van der Waals surface area contributed by atoms with Crippen molar-refractivity contribution in [3.8, 4) is 10.7 Å². The lowest BCUT2D eigenvalue weighted by Crippen LogP contribution is -2.05. The molecular weight excluding hydrogens is 286 g/mol. The smallest absolute Gasteiger partial charge is 0.305 e. The molecule has 0 aliphatic rings. The van der Waals surface area contributed by atoms with Crippen molar-refractivity contribution in [2.24, 2.45) is 0 Å². The molecule has 6 heteroatoms. The van der Waals surface area contributed by atoms with Crippen LogP contribution < -0.4 is 0 Å². The van der Waals surface area contributed by atoms with Crippen molar-refractivity contribution in [3.63, 3.8) is 0 Å². The van der Waals surface area contributed by atoms with Crippen LogP contribution in [0.1, 0.15) is 17.5 Å². The van der Waals surface area contributed by atoms with Gasteiger partial charge in [-0.3, -0.25) is 9.78 Å². The first-order valence-electron chi connectivity index (χ1n) is 6.64. The first-order valence-corrected chi connectivity index (χ1v) is 7.52. The summed E-state index contributed by atoms with van der Waals surface area (Å²) < 4.78 is 1.98. The molecule has 0 bridgehead atoms. The van der Waals surface area contributed by atoms with E-state index in [4.69, 9.17) is 5.11 Å². The van der Waals surface area contributed by atoms with Crippen molar-refractivity contribution in [1.82, 2.24) is 14.5 Å². The summed E-state index contributed by atoms with van der Waals surface area (Å²) >= 11 is 1.51. The highest BCUT2D eigenvalue weighted by atomic mass is 32.1. The van der Waals surface area contributed by atoms with Crippen LogP contribution in [-0.2, 0) is 11.3 Å². The number of rotatable bonds is 4. The molecule has 0 fully saturated rings. The number of carbonyl (C=O) groups is 1. The lowest BCUT2D eigenvalue weighted by molar-refractivity contribution is -0.137. The molecule has 2 aromatic heterocycles. The number of aromatic nitrogens is 3. The van der Waals surface area contributed by atoms with Gasteiger partial charge in [-0.25, -0.2) is 4.98 Å². The Morgan fingerprint density at radius 2 is 2.10 bits per heavy atom. The van der Waals surface area contributed by atoms with E-state index in [-0.39, 0.29) is 6.42 Å². The van der Waals surface area contributed by atoms with Gasteiger partial charge in [-0.2, -0.15) is 0 Å². The number of fused-ring (bicyclic) bond motifs is 1. The van der Waals surface area contributed by atoms with Gasteiger partial charge in [-0.15, -0.1) is 11.3 Å². The molecule has 3 rings (SSSR count). The zero-order valence-electron chi connectivity index (χ0n) is 11.8. The van der Waals surface area contributed by atoms with E-state index in [1.165, 1.54) is 22.5 Å². The van der Waals surface area contributed by atoms with E-state index in [0.717, 1.165) is 21.7 Å². The van der Waals surface area contributed by atoms with E-state index in [1.54, 1.807) is 11.7 Å². The number of hydrogen-bond donors (Lipinski definition) is 1. The van der Waals surface area contributed by atoms with Crippen LogP contribution in [-0.4, -0.2) is 25.6 Å². The van der Waals surface area contributed by atoms with Gasteiger partial charge in [0.2, 0.25) is 0 Å². The van der Waals surface area contributed by atoms with Crippen LogP contribution in [0.3, 0.4) is 0 Å². The van der Waals surface area contributed by atoms with E-state index < -0.39 is 5.97 Å². The van der Waals surface area contributed by atoms with Crippen LogP contribution in [0.4, 0.5) is 0 Å². The summed E-state index contributed by atoms with van der Waals surface area (Å²) in [5.74, 6) is -0.0188. The number of imidazole rings is 1. The number of nitrogens with zero attached hydrogens (tertiary/aromatic N) is 3. The summed E-state index contributed by atoms with van der Waals surface area (Å²) in [5, 5.41) is 8.96. The molecule has 0 aliphatic heterocycles. The molecule has 2 heterocycles. The van der Waals surface area contributed by atoms with Gasteiger partial charge < -0.3 is 9.67 Å². The van der Waals surface area contributed by atoms with Gasteiger partial charge in [-0.1, -0.05) is 0 Å². The average Bonchev–Trinajstić information content (AvgIpc) is 3.04. The summed E-state index contributed by atoms with van der Waals surface area (Å²) in [4.78, 5) is 20.6. The molecule has 0 spiro atoms. The molecule has 0 amide bonds. The number of carboxylic acid groups (broad SMARTS) is 1. The summed E-state index contributed by atoms with van der Waals surface area (Å²) in [7, 11) is 0. The normalized spacial score (nSPS) is 11.1. The SMILES string of the molecule is Cc1cc2nc(-c3cncs3)n(CCC(=O)O)c2cc1C. The first kappa shape index (κ1) is 13.8. The van der Waals surface area contributed by atoms with Gasteiger partial charge in [0.25, 0.3) is 0 Å². The van der Waals surface area contributed by atoms with Crippen molar-refractivity contribution in [1.29, 1.82) is 0 Å². The molecule has 0 aliphatic carbocycles. The van der Waals surface area contributed by atoms with Crippen LogP contribution in [0.25, 0.3) is 21.7 Å². The van der Waals surface area contributed by atoms with Gasteiger partial charge >= 0.3 is 5.97 Å². The zero-order chi connectivity index (χ0) is 15.0. The maximum Gasteiger partial charge on any atom is 0.305 e. The molecule has 0 saturated heterocycles. The van der Waals surface area contributed by atoms with E-state index in [0.29, 0.717) is 6.54 Å². The number of carboxylic acids is 1. The van der Waals surface area contributed by atoms with E-state index >= 15 is 0 Å². The standard InChI is InChI=1S/C15H15N3O2S/c1-9-5-11-12(6-10(9)2)18(4-3-14(19)20)15(17-11)13-7-16-8-21-13/h5-8H,3-4H2,1-2H3,(H,19,20). The highest BCUT2D eigenvalue weighted by Crippen LogP contribution is 2.29. The fourth-order valence-electron chi connectivity index (χ4n) is 2.33. The van der Waals surface area contributed by atoms with Crippen LogP contribution in [0, 0.1) is 13.8 Å². The number of benzene rings is 1. The third kappa shape index (κ3) is 2.54. The van der Waals surface area contributed by atoms with Gasteiger partial charge in [0.1, 0.15) is 0 Å². The lowest BCUT2D eigenvalue weighted by atomic mass is 10.1. The maximum atomic E-state index is 10.9. The highest BCUT2D eigenvalue weighted by molar-refractivity contribution is 7.13. The van der Waals surface area contributed by atoms with Gasteiger partial charge in [0, 0.05) is 12.7 Å². The molecule has 0 saturated carbocycles. The van der Waals surface area contributed by atoms with Crippen molar-refractivity contribution in [2.75, 3.05) is 0 Å². The Balaban J connectivity index is 2.20. The Bertz CT molecular complexity index is 806. The summed E-state index contributed by atoms with van der Waals surface area (Å²) in [6.45, 7) is 4.51. The van der Waals surface area contributed by atoms with Crippen LogP contribution in [0.15, 0.2) is 23.8 Å². The molecule has 1 N–H and O–H groups in total. The third-order valence-electron chi connectivity index (χ3n) is 3.57. The average molecular weight is 301 g/mol. The topological polar surface area (TPSA) is 68.0 Å². The fourth-order valence-corrected chi connectivity index (χ4v) is 2.95. The molecule has 0 unspecified atom stereocenters. The van der Waals surface area contributed by atoms with Gasteiger partial charge in [0.15, 0.2) is 5.82 Å². The first-order chi connectivity index (χ1) is 10.1. The van der Waals surface area contributed by atoms with E-state index in [2.05, 4.69) is 29.9 Å².